The zero-order valence-electron chi connectivity index (χ0n) is 11.0. The fourth-order valence-electron chi connectivity index (χ4n) is 2.65. The lowest BCUT2D eigenvalue weighted by Crippen LogP contribution is -2.28. The van der Waals surface area contributed by atoms with Gasteiger partial charge in [0.1, 0.15) is 5.82 Å². The zero-order valence-corrected chi connectivity index (χ0v) is 11.0. The number of oxazole rings is 1. The van der Waals surface area contributed by atoms with E-state index in [0.717, 1.165) is 24.5 Å². The first kappa shape index (κ1) is 12.0. The predicted octanol–water partition coefficient (Wildman–Crippen LogP) is 1.35. The number of amides is 1. The van der Waals surface area contributed by atoms with Crippen molar-refractivity contribution in [2.45, 2.75) is 19.3 Å². The molecule has 2 aromatic heterocycles. The summed E-state index contributed by atoms with van der Waals surface area (Å²) >= 11 is 0. The summed E-state index contributed by atoms with van der Waals surface area (Å²) in [5.41, 5.74) is 1.01. The van der Waals surface area contributed by atoms with E-state index in [1.54, 1.807) is 4.90 Å². The fourth-order valence-corrected chi connectivity index (χ4v) is 2.65. The Morgan fingerprint density at radius 3 is 3.00 bits per heavy atom. The molecule has 1 aliphatic rings. The van der Waals surface area contributed by atoms with Gasteiger partial charge in [0.2, 0.25) is 5.76 Å². The monoisotopic (exact) mass is 260 g/mol. The van der Waals surface area contributed by atoms with Crippen LogP contribution in [0.4, 0.5) is 0 Å². The first-order valence-electron chi connectivity index (χ1n) is 6.33. The lowest BCUT2D eigenvalue weighted by molar-refractivity contribution is 0.0759. The second-order valence-electron chi connectivity index (χ2n) is 4.95. The summed E-state index contributed by atoms with van der Waals surface area (Å²) < 4.78 is 7.10. The van der Waals surface area contributed by atoms with E-state index in [-0.39, 0.29) is 5.91 Å². The molecule has 1 atom stereocenters. The lowest BCUT2D eigenvalue weighted by atomic mass is 10.1. The molecule has 0 saturated carbocycles. The molecular weight excluding hydrogens is 244 g/mol. The van der Waals surface area contributed by atoms with Crippen LogP contribution in [-0.2, 0) is 7.05 Å². The van der Waals surface area contributed by atoms with E-state index < -0.39 is 0 Å². The molecule has 3 rings (SSSR count). The normalized spacial score (nSPS) is 19.1. The number of carbonyl (C=O) groups excluding carboxylic acids is 1. The van der Waals surface area contributed by atoms with Gasteiger partial charge in [0, 0.05) is 32.3 Å². The molecule has 1 saturated heterocycles. The Balaban J connectivity index is 1.74. The molecule has 100 valence electrons. The maximum Gasteiger partial charge on any atom is 0.291 e. The van der Waals surface area contributed by atoms with Gasteiger partial charge in [-0.2, -0.15) is 0 Å². The van der Waals surface area contributed by atoms with E-state index >= 15 is 0 Å². The van der Waals surface area contributed by atoms with Gasteiger partial charge in [-0.3, -0.25) is 4.79 Å². The van der Waals surface area contributed by atoms with Crippen LogP contribution in [0.2, 0.25) is 0 Å². The van der Waals surface area contributed by atoms with Crippen molar-refractivity contribution in [2.24, 2.45) is 7.05 Å². The van der Waals surface area contributed by atoms with E-state index in [4.69, 9.17) is 4.42 Å². The minimum Gasteiger partial charge on any atom is -0.438 e. The van der Waals surface area contributed by atoms with Gasteiger partial charge in [-0.15, -0.1) is 0 Å². The zero-order chi connectivity index (χ0) is 13.4. The molecule has 0 aromatic carbocycles. The van der Waals surface area contributed by atoms with Crippen LogP contribution in [0.1, 0.15) is 34.4 Å². The maximum absolute atomic E-state index is 12.1. The highest BCUT2D eigenvalue weighted by molar-refractivity contribution is 5.91. The molecule has 0 radical (unpaired) electrons. The highest BCUT2D eigenvalue weighted by atomic mass is 16.3. The molecule has 0 unspecified atom stereocenters. The number of hydrogen-bond acceptors (Lipinski definition) is 4. The van der Waals surface area contributed by atoms with Crippen LogP contribution in [0.15, 0.2) is 23.2 Å². The molecule has 6 nitrogen and oxygen atoms in total. The number of rotatable bonds is 2. The van der Waals surface area contributed by atoms with Crippen molar-refractivity contribution >= 4 is 5.91 Å². The summed E-state index contributed by atoms with van der Waals surface area (Å²) in [4.78, 5) is 22.3. The minimum atomic E-state index is -0.0917. The first-order valence-corrected chi connectivity index (χ1v) is 6.33. The largest absolute Gasteiger partial charge is 0.438 e. The molecule has 0 spiro atoms. The van der Waals surface area contributed by atoms with E-state index in [1.165, 1.54) is 12.6 Å². The fraction of sp³-hybridized carbons (Fsp3) is 0.462. The third kappa shape index (κ3) is 2.14. The summed E-state index contributed by atoms with van der Waals surface area (Å²) in [6, 6.07) is 0. The van der Waals surface area contributed by atoms with Gasteiger partial charge in [-0.05, 0) is 13.3 Å². The van der Waals surface area contributed by atoms with Gasteiger partial charge in [-0.25, -0.2) is 9.97 Å². The Bertz CT molecular complexity index is 588. The van der Waals surface area contributed by atoms with Gasteiger partial charge in [0.15, 0.2) is 6.39 Å². The van der Waals surface area contributed by atoms with Gasteiger partial charge in [0.25, 0.3) is 5.91 Å². The standard InChI is InChI=1S/C13H16N4O2/c1-9-6-16(2)12(15-9)10-3-4-17(7-10)13(18)11-5-14-8-19-11/h5-6,8,10H,3-4,7H2,1-2H3/t10-/m0/s1. The molecule has 0 bridgehead atoms. The van der Waals surface area contributed by atoms with Crippen molar-refractivity contribution in [1.82, 2.24) is 19.4 Å². The van der Waals surface area contributed by atoms with Crippen molar-refractivity contribution in [3.05, 3.63) is 36.1 Å². The average molecular weight is 260 g/mol. The second-order valence-corrected chi connectivity index (χ2v) is 4.95. The van der Waals surface area contributed by atoms with Crippen molar-refractivity contribution in [3.8, 4) is 0 Å². The molecule has 19 heavy (non-hydrogen) atoms. The van der Waals surface area contributed by atoms with Gasteiger partial charge in [0.05, 0.1) is 11.9 Å². The van der Waals surface area contributed by atoms with Gasteiger partial charge < -0.3 is 13.9 Å². The Labute approximate surface area is 111 Å². The number of aryl methyl sites for hydroxylation is 2. The summed E-state index contributed by atoms with van der Waals surface area (Å²) in [6.07, 6.45) is 5.68. The van der Waals surface area contributed by atoms with Crippen molar-refractivity contribution in [1.29, 1.82) is 0 Å². The summed E-state index contributed by atoms with van der Waals surface area (Å²) in [5.74, 6) is 1.55. The average Bonchev–Trinajstić information content (AvgIpc) is 3.08. The Morgan fingerprint density at radius 1 is 1.53 bits per heavy atom. The Hall–Kier alpha value is -2.11. The van der Waals surface area contributed by atoms with E-state index in [1.807, 2.05) is 24.7 Å². The molecule has 0 aliphatic carbocycles. The molecule has 2 aromatic rings. The Kier molecular flexibility index (Phi) is 2.85. The van der Waals surface area contributed by atoms with Crippen LogP contribution in [0.3, 0.4) is 0 Å². The number of imidazole rings is 1. The minimum absolute atomic E-state index is 0.0917. The van der Waals surface area contributed by atoms with Crippen molar-refractivity contribution in [2.75, 3.05) is 13.1 Å². The topological polar surface area (TPSA) is 64.2 Å². The van der Waals surface area contributed by atoms with Gasteiger partial charge in [-0.1, -0.05) is 0 Å². The lowest BCUT2D eigenvalue weighted by Gasteiger charge is -2.14. The predicted molar refractivity (Wildman–Crippen MR) is 67.7 cm³/mol. The van der Waals surface area contributed by atoms with Crippen LogP contribution in [-0.4, -0.2) is 38.4 Å². The molecular formula is C13H16N4O2. The van der Waals surface area contributed by atoms with E-state index in [0.29, 0.717) is 18.2 Å². The molecule has 3 heterocycles. The van der Waals surface area contributed by atoms with Crippen molar-refractivity contribution < 1.29 is 9.21 Å². The molecule has 1 amide bonds. The highest BCUT2D eigenvalue weighted by Gasteiger charge is 2.31. The number of hydrogen-bond donors (Lipinski definition) is 0. The second kappa shape index (κ2) is 4.53. The van der Waals surface area contributed by atoms with E-state index in [9.17, 15) is 4.79 Å². The number of carbonyl (C=O) groups is 1. The number of likely N-dealkylation sites (tertiary alicyclic amines) is 1. The molecule has 1 aliphatic heterocycles. The quantitative estimate of drug-likeness (QED) is 0.817. The van der Waals surface area contributed by atoms with Crippen LogP contribution in [0, 0.1) is 6.92 Å². The first-order chi connectivity index (χ1) is 9.15. The smallest absolute Gasteiger partial charge is 0.291 e. The molecule has 0 N–H and O–H groups in total. The molecule has 1 fully saturated rings. The van der Waals surface area contributed by atoms with Crippen LogP contribution in [0.25, 0.3) is 0 Å². The maximum atomic E-state index is 12.1. The SMILES string of the molecule is Cc1cn(C)c([C@H]2CCN(C(=O)c3cnco3)C2)n1. The highest BCUT2D eigenvalue weighted by Crippen LogP contribution is 2.27. The summed E-state index contributed by atoms with van der Waals surface area (Å²) in [5, 5.41) is 0. The van der Waals surface area contributed by atoms with Crippen LogP contribution >= 0.6 is 0 Å². The molecule has 6 heteroatoms. The third-order valence-electron chi connectivity index (χ3n) is 3.52. The summed E-state index contributed by atoms with van der Waals surface area (Å²) in [7, 11) is 2.00. The van der Waals surface area contributed by atoms with Crippen LogP contribution in [0.5, 0.6) is 0 Å². The summed E-state index contributed by atoms with van der Waals surface area (Å²) in [6.45, 7) is 3.40. The number of nitrogens with zero attached hydrogens (tertiary/aromatic N) is 4. The van der Waals surface area contributed by atoms with Gasteiger partial charge >= 0.3 is 0 Å². The Morgan fingerprint density at radius 2 is 2.37 bits per heavy atom. The van der Waals surface area contributed by atoms with Crippen molar-refractivity contribution in [3.63, 3.8) is 0 Å². The number of aromatic nitrogens is 3. The third-order valence-corrected chi connectivity index (χ3v) is 3.52. The van der Waals surface area contributed by atoms with E-state index in [2.05, 4.69) is 9.97 Å². The van der Waals surface area contributed by atoms with Crippen LogP contribution < -0.4 is 0 Å².